The summed E-state index contributed by atoms with van der Waals surface area (Å²) in [6, 6.07) is 9.51. The first-order valence-corrected chi connectivity index (χ1v) is 24.0. The molecule has 352 valence electrons. The maximum Gasteiger partial charge on any atom is 0.408 e. The second-order valence-corrected chi connectivity index (χ2v) is 22.0. The Morgan fingerprint density at radius 2 is 1.75 bits per heavy atom. The molecule has 4 aliphatic rings. The van der Waals surface area contributed by atoms with Crippen LogP contribution in [0.25, 0.3) is 22.0 Å². The van der Waals surface area contributed by atoms with E-state index in [1.165, 1.54) is 18.1 Å². The van der Waals surface area contributed by atoms with Crippen molar-refractivity contribution < 1.29 is 50.9 Å². The number of nitrogens with one attached hydrogen (secondary N) is 3. The number of sulfonamides is 1. The molecule has 2 aliphatic carbocycles. The molecule has 4 amide bonds. The maximum absolute atomic E-state index is 15.4. The highest BCUT2D eigenvalue weighted by atomic mass is 32.2. The van der Waals surface area contributed by atoms with Crippen molar-refractivity contribution in [2.24, 2.45) is 17.8 Å². The van der Waals surface area contributed by atoms with Crippen LogP contribution in [0.2, 0.25) is 0 Å². The van der Waals surface area contributed by atoms with E-state index in [0.29, 0.717) is 53.5 Å². The molecule has 0 radical (unpaired) electrons. The van der Waals surface area contributed by atoms with Crippen LogP contribution in [0.1, 0.15) is 100 Å². The molecule has 7 rings (SSSR count). The number of methoxy groups -OCH3 is 1. The first-order chi connectivity index (χ1) is 30.5. The molecule has 2 saturated carbocycles. The largest absolute Gasteiger partial charge is 0.494 e. The first kappa shape index (κ1) is 47.5. The van der Waals surface area contributed by atoms with Gasteiger partial charge in [0, 0.05) is 23.3 Å². The molecule has 3 fully saturated rings. The predicted octanol–water partition coefficient (Wildman–Crippen LogP) is 6.96. The number of allylic oxidation sites excluding steroid dienone is 1. The molecule has 3 N–H and O–H groups in total. The lowest BCUT2D eigenvalue weighted by Gasteiger charge is -2.33. The van der Waals surface area contributed by atoms with Gasteiger partial charge in [0.2, 0.25) is 27.7 Å². The normalized spacial score (nSPS) is 27.3. The third kappa shape index (κ3) is 10.5. The van der Waals surface area contributed by atoms with E-state index in [-0.39, 0.29) is 43.0 Å². The van der Waals surface area contributed by atoms with E-state index in [1.807, 2.05) is 57.2 Å². The van der Waals surface area contributed by atoms with Gasteiger partial charge >= 0.3 is 6.09 Å². The number of alkyl carbamates (subject to hydrolysis) is 1. The highest BCUT2D eigenvalue weighted by molar-refractivity contribution is 7.91. The van der Waals surface area contributed by atoms with Gasteiger partial charge in [-0.2, -0.15) is 0 Å². The average Bonchev–Trinajstić information content (AvgIpc) is 4.10. The van der Waals surface area contributed by atoms with Gasteiger partial charge in [0.1, 0.15) is 35.1 Å². The van der Waals surface area contributed by atoms with Crippen molar-refractivity contribution in [3.63, 3.8) is 0 Å². The fourth-order valence-corrected chi connectivity index (χ4v) is 10.1. The topological polar surface area (TPSA) is 192 Å². The van der Waals surface area contributed by atoms with Crippen molar-refractivity contribution in [2.45, 2.75) is 141 Å². The lowest BCUT2D eigenvalue weighted by Crippen LogP contribution is -2.59. The quantitative estimate of drug-likeness (QED) is 0.178. The minimum absolute atomic E-state index is 0.00696. The van der Waals surface area contributed by atoms with Crippen LogP contribution in [0.3, 0.4) is 0 Å². The van der Waals surface area contributed by atoms with Gasteiger partial charge in [0.25, 0.3) is 5.91 Å². The van der Waals surface area contributed by atoms with Gasteiger partial charge in [0.05, 0.1) is 30.2 Å². The molecule has 0 spiro atoms. The second-order valence-electron chi connectivity index (χ2n) is 19.8. The third-order valence-electron chi connectivity index (χ3n) is 12.8. The zero-order valence-electron chi connectivity index (χ0n) is 38.7. The summed E-state index contributed by atoms with van der Waals surface area (Å²) in [4.78, 5) is 63.5. The molecule has 17 heteroatoms. The number of carbonyl (C=O) groups excluding carboxylic acids is 4. The molecule has 3 aromatic rings. The van der Waals surface area contributed by atoms with E-state index >= 15 is 9.18 Å². The number of aromatic nitrogens is 1. The number of pyridine rings is 1. The molecule has 1 saturated heterocycles. The number of nitrogens with zero attached hydrogens (tertiary/aromatic N) is 2. The van der Waals surface area contributed by atoms with Gasteiger partial charge in [-0.1, -0.05) is 26.0 Å². The summed E-state index contributed by atoms with van der Waals surface area (Å²) in [5, 5.41) is 6.56. The molecule has 0 unspecified atom stereocenters. The van der Waals surface area contributed by atoms with Crippen molar-refractivity contribution in [1.82, 2.24) is 25.2 Å². The number of halogens is 1. The van der Waals surface area contributed by atoms with Gasteiger partial charge in [-0.05, 0) is 140 Å². The Morgan fingerprint density at radius 1 is 1.05 bits per heavy atom. The average molecular weight is 920 g/mol. The van der Waals surface area contributed by atoms with E-state index in [0.717, 1.165) is 6.42 Å². The molecular formula is C48H62FN5O10S. The smallest absolute Gasteiger partial charge is 0.408 e. The summed E-state index contributed by atoms with van der Waals surface area (Å²) in [5.74, 6) is -2.90. The summed E-state index contributed by atoms with van der Waals surface area (Å²) >= 11 is 0. The molecule has 3 heterocycles. The highest BCUT2D eigenvalue weighted by Gasteiger charge is 2.63. The Bertz CT molecular complexity index is 2470. The molecule has 7 atom stereocenters. The third-order valence-corrected chi connectivity index (χ3v) is 14.9. The van der Waals surface area contributed by atoms with E-state index in [9.17, 15) is 22.8 Å². The zero-order valence-corrected chi connectivity index (χ0v) is 39.5. The molecule has 65 heavy (non-hydrogen) atoms. The van der Waals surface area contributed by atoms with Crippen LogP contribution in [0.15, 0.2) is 54.6 Å². The van der Waals surface area contributed by atoms with Crippen LogP contribution in [0.5, 0.6) is 17.4 Å². The highest BCUT2D eigenvalue weighted by Crippen LogP contribution is 2.48. The van der Waals surface area contributed by atoms with Crippen molar-refractivity contribution in [3.05, 3.63) is 60.4 Å². The summed E-state index contributed by atoms with van der Waals surface area (Å²) < 4.78 is 66.7. The predicted molar refractivity (Wildman–Crippen MR) is 242 cm³/mol. The molecular weight excluding hydrogens is 858 g/mol. The summed E-state index contributed by atoms with van der Waals surface area (Å²) in [6.07, 6.45) is 4.80. The number of fused-ring (bicyclic) bond motifs is 3. The number of rotatable bonds is 10. The van der Waals surface area contributed by atoms with Gasteiger partial charge in [-0.3, -0.25) is 19.1 Å². The van der Waals surface area contributed by atoms with Gasteiger partial charge in [0.15, 0.2) is 11.6 Å². The van der Waals surface area contributed by atoms with Crippen LogP contribution in [0, 0.1) is 23.6 Å². The van der Waals surface area contributed by atoms with E-state index in [1.54, 1.807) is 39.8 Å². The summed E-state index contributed by atoms with van der Waals surface area (Å²) in [5.41, 5.74) is -1.29. The molecule has 2 aromatic carbocycles. The van der Waals surface area contributed by atoms with Gasteiger partial charge < -0.3 is 34.5 Å². The van der Waals surface area contributed by atoms with Crippen molar-refractivity contribution >= 4 is 44.6 Å². The summed E-state index contributed by atoms with van der Waals surface area (Å²) in [6.45, 7) is 14.3. The number of amides is 4. The molecule has 0 bridgehead atoms. The fourth-order valence-electron chi connectivity index (χ4n) is 8.78. The second kappa shape index (κ2) is 18.1. The molecule has 15 nitrogen and oxygen atoms in total. The Labute approximate surface area is 380 Å². The van der Waals surface area contributed by atoms with E-state index in [2.05, 4.69) is 22.3 Å². The minimum Gasteiger partial charge on any atom is -0.494 e. The van der Waals surface area contributed by atoms with Crippen LogP contribution >= 0.6 is 0 Å². The number of ether oxygens (including phenoxy) is 4. The maximum atomic E-state index is 15.4. The molecule has 1 aromatic heterocycles. The van der Waals surface area contributed by atoms with E-state index in [4.69, 9.17) is 23.9 Å². The monoisotopic (exact) mass is 919 g/mol. The van der Waals surface area contributed by atoms with Gasteiger partial charge in [-0.15, -0.1) is 0 Å². The molecule has 2 aliphatic heterocycles. The van der Waals surface area contributed by atoms with Crippen LogP contribution in [-0.4, -0.2) is 95.9 Å². The first-order valence-electron chi connectivity index (χ1n) is 22.5. The lowest BCUT2D eigenvalue weighted by molar-refractivity contribution is -0.142. The minimum atomic E-state index is -4.06. The van der Waals surface area contributed by atoms with Crippen molar-refractivity contribution in [3.8, 4) is 28.6 Å². The van der Waals surface area contributed by atoms with Crippen LogP contribution in [-0.2, 0) is 29.1 Å². The van der Waals surface area contributed by atoms with Crippen molar-refractivity contribution in [2.75, 3.05) is 13.7 Å². The zero-order chi connectivity index (χ0) is 47.2. The fraction of sp³-hybridized carbons (Fsp3) is 0.562. The Morgan fingerprint density at radius 3 is 2.40 bits per heavy atom. The summed E-state index contributed by atoms with van der Waals surface area (Å²) in [7, 11) is -2.69. The standard InChI is InChI=1S/C48H62FN5O10S/c1-27(2)62-33-16-14-30(15-17-33)37-21-31-22-39(61-9)36(49)24-35(31)42(50-37)63-34-23-38-41(55)52-48(44(57)53-65(59,60)47(8)18-19-47)25-32(48)13-11-10-12-28(3)20-29(4)40(43(56)54(38)26-34)51-45(58)64-46(5,6)7/h11,13-17,21-22,24,27-29,32,34,38,40H,10,12,18-20,23,25-26H2,1-9H3,(H,51,58)(H,52,55)(H,53,57)/b13-11-/t28-,29-,32-,34-,38+,40+,48-/m1/s1. The van der Waals surface area contributed by atoms with Gasteiger partial charge in [-0.25, -0.2) is 22.6 Å². The number of benzene rings is 2. The Balaban J connectivity index is 1.27. The SMILES string of the molecule is COc1cc2cc(-c3ccc(OC(C)C)cc3)nc(O[C@@H]3C[C@H]4C(=O)N[C@]5(C(=O)NS(=O)(=O)C6(C)CC6)C[C@H]5/C=C\CC[C@@H](C)C[C@@H](C)[C@H](NC(=O)OC(C)(C)C)C(=O)N4C3)c2cc1F. The number of carbonyl (C=O) groups is 4. The number of hydrogen-bond donors (Lipinski definition) is 3. The Hall–Kier alpha value is -5.45. The van der Waals surface area contributed by atoms with Crippen LogP contribution in [0.4, 0.5) is 9.18 Å². The van der Waals surface area contributed by atoms with Crippen molar-refractivity contribution in [1.29, 1.82) is 0 Å². The number of hydrogen-bond acceptors (Lipinski definition) is 11. The van der Waals surface area contributed by atoms with E-state index < -0.39 is 85.6 Å². The van der Waals surface area contributed by atoms with Crippen LogP contribution < -0.4 is 29.6 Å². The lowest BCUT2D eigenvalue weighted by atomic mass is 9.88. The Kier molecular flexibility index (Phi) is 13.2.